The summed E-state index contributed by atoms with van der Waals surface area (Å²) in [5.41, 5.74) is 1.35. The van der Waals surface area contributed by atoms with Crippen LogP contribution < -0.4 is 16.0 Å². The van der Waals surface area contributed by atoms with Crippen molar-refractivity contribution >= 4 is 17.6 Å². The van der Waals surface area contributed by atoms with Crippen LogP contribution >= 0.6 is 0 Å². The molecule has 0 radical (unpaired) electrons. The lowest BCUT2D eigenvalue weighted by atomic mass is 9.94. The van der Waals surface area contributed by atoms with Gasteiger partial charge in [-0.2, -0.15) is 13.2 Å². The third-order valence-corrected chi connectivity index (χ3v) is 4.34. The van der Waals surface area contributed by atoms with Crippen molar-refractivity contribution in [1.29, 1.82) is 0 Å². The molecule has 0 unspecified atom stereocenters. The molecule has 1 heterocycles. The number of hydrogen-bond acceptors (Lipinski definition) is 2. The van der Waals surface area contributed by atoms with Crippen LogP contribution in [0.2, 0.25) is 0 Å². The van der Waals surface area contributed by atoms with E-state index in [0.717, 1.165) is 17.7 Å². The quantitative estimate of drug-likeness (QED) is 0.733. The van der Waals surface area contributed by atoms with Crippen molar-refractivity contribution in [2.45, 2.75) is 26.1 Å². The topological polar surface area (TPSA) is 70.2 Å². The van der Waals surface area contributed by atoms with E-state index in [1.807, 2.05) is 19.1 Å². The SMILES string of the molecule is CC1=C(C(=O)Nc2cccc(C(F)(F)F)c2)[C@H](c2cccc(C)c2)NC(=O)N1. The minimum atomic E-state index is -4.51. The maximum absolute atomic E-state index is 12.9. The van der Waals surface area contributed by atoms with Crippen LogP contribution in [-0.2, 0) is 11.0 Å². The zero-order valence-electron chi connectivity index (χ0n) is 15.1. The first-order chi connectivity index (χ1) is 13.1. The van der Waals surface area contributed by atoms with Crippen molar-refractivity contribution in [3.8, 4) is 0 Å². The Morgan fingerprint density at radius 1 is 1.07 bits per heavy atom. The molecule has 146 valence electrons. The molecule has 0 aliphatic carbocycles. The van der Waals surface area contributed by atoms with Crippen LogP contribution in [0, 0.1) is 6.92 Å². The first-order valence-electron chi connectivity index (χ1n) is 8.48. The fourth-order valence-corrected chi connectivity index (χ4v) is 3.07. The number of benzene rings is 2. The van der Waals surface area contributed by atoms with Crippen LogP contribution in [-0.4, -0.2) is 11.9 Å². The summed E-state index contributed by atoms with van der Waals surface area (Å²) >= 11 is 0. The summed E-state index contributed by atoms with van der Waals surface area (Å²) in [6.07, 6.45) is -4.51. The minimum Gasteiger partial charge on any atom is -0.327 e. The third-order valence-electron chi connectivity index (χ3n) is 4.34. The predicted molar refractivity (Wildman–Crippen MR) is 98.4 cm³/mol. The van der Waals surface area contributed by atoms with Crippen LogP contribution in [0.5, 0.6) is 0 Å². The number of carbonyl (C=O) groups is 2. The highest BCUT2D eigenvalue weighted by Crippen LogP contribution is 2.32. The van der Waals surface area contributed by atoms with E-state index in [1.54, 1.807) is 19.1 Å². The maximum atomic E-state index is 12.9. The van der Waals surface area contributed by atoms with Crippen LogP contribution in [0.3, 0.4) is 0 Å². The number of halogens is 3. The molecule has 0 fully saturated rings. The Morgan fingerprint density at radius 2 is 1.79 bits per heavy atom. The zero-order chi connectivity index (χ0) is 20.5. The number of allylic oxidation sites excluding steroid dienone is 1. The van der Waals surface area contributed by atoms with E-state index in [1.165, 1.54) is 12.1 Å². The van der Waals surface area contributed by atoms with Crippen molar-refractivity contribution in [1.82, 2.24) is 10.6 Å². The summed E-state index contributed by atoms with van der Waals surface area (Å²) in [6, 6.07) is 10.5. The van der Waals surface area contributed by atoms with Crippen molar-refractivity contribution in [3.05, 3.63) is 76.5 Å². The summed E-state index contributed by atoms with van der Waals surface area (Å²) in [5.74, 6) is -0.601. The summed E-state index contributed by atoms with van der Waals surface area (Å²) in [5, 5.41) is 7.72. The molecule has 28 heavy (non-hydrogen) atoms. The van der Waals surface area contributed by atoms with Gasteiger partial charge in [0.1, 0.15) is 0 Å². The molecule has 2 aromatic rings. The Labute approximate surface area is 159 Å². The Morgan fingerprint density at radius 3 is 2.46 bits per heavy atom. The molecule has 1 aliphatic heterocycles. The third kappa shape index (κ3) is 4.16. The second-order valence-corrected chi connectivity index (χ2v) is 6.52. The van der Waals surface area contributed by atoms with E-state index in [-0.39, 0.29) is 11.3 Å². The highest BCUT2D eigenvalue weighted by Gasteiger charge is 2.33. The first-order valence-corrected chi connectivity index (χ1v) is 8.48. The lowest BCUT2D eigenvalue weighted by Crippen LogP contribution is -2.46. The van der Waals surface area contributed by atoms with Gasteiger partial charge in [-0.25, -0.2) is 4.79 Å². The summed E-state index contributed by atoms with van der Waals surface area (Å²) < 4.78 is 38.7. The van der Waals surface area contributed by atoms with Gasteiger partial charge in [0.15, 0.2) is 0 Å². The molecule has 1 aliphatic rings. The van der Waals surface area contributed by atoms with Gasteiger partial charge in [0.2, 0.25) is 0 Å². The number of alkyl halides is 3. The molecule has 0 saturated heterocycles. The lowest BCUT2D eigenvalue weighted by Gasteiger charge is -2.29. The van der Waals surface area contributed by atoms with Crippen LogP contribution in [0.15, 0.2) is 59.8 Å². The molecule has 8 heteroatoms. The van der Waals surface area contributed by atoms with Crippen molar-refractivity contribution in [2.24, 2.45) is 0 Å². The minimum absolute atomic E-state index is 0.0139. The molecule has 2 aromatic carbocycles. The van der Waals surface area contributed by atoms with Gasteiger partial charge in [0.25, 0.3) is 5.91 Å². The van der Waals surface area contributed by atoms with Crippen LogP contribution in [0.4, 0.5) is 23.7 Å². The number of anilines is 1. The van der Waals surface area contributed by atoms with Crippen molar-refractivity contribution < 1.29 is 22.8 Å². The zero-order valence-corrected chi connectivity index (χ0v) is 15.1. The van der Waals surface area contributed by atoms with Crippen molar-refractivity contribution in [3.63, 3.8) is 0 Å². The highest BCUT2D eigenvalue weighted by atomic mass is 19.4. The lowest BCUT2D eigenvalue weighted by molar-refractivity contribution is -0.137. The van der Waals surface area contributed by atoms with E-state index in [2.05, 4.69) is 16.0 Å². The van der Waals surface area contributed by atoms with E-state index < -0.39 is 29.7 Å². The standard InChI is InChI=1S/C20H18F3N3O2/c1-11-5-3-6-13(9-11)17-16(12(2)24-19(28)26-17)18(27)25-15-8-4-7-14(10-15)20(21,22)23/h3-10,17H,1-2H3,(H,25,27)(H2,24,26,28)/t17-/m0/s1. The van der Waals surface area contributed by atoms with Gasteiger partial charge < -0.3 is 16.0 Å². The Bertz CT molecular complexity index is 967. The number of amides is 3. The second-order valence-electron chi connectivity index (χ2n) is 6.52. The molecule has 0 spiro atoms. The van der Waals surface area contributed by atoms with Crippen LogP contribution in [0.25, 0.3) is 0 Å². The number of hydrogen-bond donors (Lipinski definition) is 3. The number of aryl methyl sites for hydroxylation is 1. The van der Waals surface area contributed by atoms with Gasteiger partial charge in [0.05, 0.1) is 17.2 Å². The van der Waals surface area contributed by atoms with E-state index in [4.69, 9.17) is 0 Å². The number of urea groups is 1. The van der Waals surface area contributed by atoms with E-state index in [0.29, 0.717) is 11.3 Å². The molecule has 0 saturated carbocycles. The molecule has 1 atom stereocenters. The fraction of sp³-hybridized carbons (Fsp3) is 0.200. The Kier molecular flexibility index (Phi) is 5.13. The molecule has 0 bridgehead atoms. The maximum Gasteiger partial charge on any atom is 0.416 e. The first kappa shape index (κ1) is 19.5. The van der Waals surface area contributed by atoms with Crippen LogP contribution in [0.1, 0.15) is 29.7 Å². The number of rotatable bonds is 3. The fourth-order valence-electron chi connectivity index (χ4n) is 3.07. The molecule has 3 rings (SSSR count). The van der Waals surface area contributed by atoms with Gasteiger partial charge in [-0.05, 0) is 37.6 Å². The monoisotopic (exact) mass is 389 g/mol. The van der Waals surface area contributed by atoms with Gasteiger partial charge >= 0.3 is 12.2 Å². The molecular weight excluding hydrogens is 371 g/mol. The van der Waals surface area contributed by atoms with Crippen molar-refractivity contribution in [2.75, 3.05) is 5.32 Å². The largest absolute Gasteiger partial charge is 0.416 e. The summed E-state index contributed by atoms with van der Waals surface area (Å²) in [7, 11) is 0. The van der Waals surface area contributed by atoms with Gasteiger partial charge in [-0.3, -0.25) is 4.79 Å². The summed E-state index contributed by atoms with van der Waals surface area (Å²) in [4.78, 5) is 24.8. The average molecular weight is 389 g/mol. The summed E-state index contributed by atoms with van der Waals surface area (Å²) in [6.45, 7) is 3.45. The highest BCUT2D eigenvalue weighted by molar-refractivity contribution is 6.06. The number of carbonyl (C=O) groups excluding carboxylic acids is 2. The molecular formula is C20H18F3N3O2. The molecule has 3 N–H and O–H groups in total. The Hall–Kier alpha value is -3.29. The van der Waals surface area contributed by atoms with Gasteiger partial charge in [0, 0.05) is 11.4 Å². The normalized spacial score (nSPS) is 17.0. The molecule has 5 nitrogen and oxygen atoms in total. The smallest absolute Gasteiger partial charge is 0.327 e. The van der Waals surface area contributed by atoms with E-state index in [9.17, 15) is 22.8 Å². The molecule has 3 amide bonds. The van der Waals surface area contributed by atoms with Gasteiger partial charge in [-0.15, -0.1) is 0 Å². The van der Waals surface area contributed by atoms with E-state index >= 15 is 0 Å². The number of nitrogens with one attached hydrogen (secondary N) is 3. The predicted octanol–water partition coefficient (Wildman–Crippen LogP) is 4.28. The Balaban J connectivity index is 1.94. The van der Waals surface area contributed by atoms with Gasteiger partial charge in [-0.1, -0.05) is 35.9 Å². The average Bonchev–Trinajstić information content (AvgIpc) is 2.60. The molecule has 0 aromatic heterocycles. The second kappa shape index (κ2) is 7.38.